The van der Waals surface area contributed by atoms with E-state index >= 15 is 0 Å². The Morgan fingerprint density at radius 3 is 2.66 bits per heavy atom. The van der Waals surface area contributed by atoms with Crippen LogP contribution < -0.4 is 10.2 Å². The first-order valence-electron chi connectivity index (χ1n) is 10.5. The third kappa shape index (κ3) is 4.54. The van der Waals surface area contributed by atoms with Crippen molar-refractivity contribution < 1.29 is 19.0 Å². The van der Waals surface area contributed by atoms with Crippen LogP contribution >= 0.6 is 24.2 Å². The molecule has 1 atom stereocenters. The normalized spacial score (nSPS) is 17.5. The van der Waals surface area contributed by atoms with Gasteiger partial charge in [0.15, 0.2) is 16.3 Å². The topological polar surface area (TPSA) is 79.7 Å². The van der Waals surface area contributed by atoms with E-state index in [4.69, 9.17) is 38.4 Å². The zero-order valence-electron chi connectivity index (χ0n) is 19.0. The van der Waals surface area contributed by atoms with Crippen LogP contribution in [0.3, 0.4) is 0 Å². The average molecular weight is 481 g/mol. The van der Waals surface area contributed by atoms with Crippen LogP contribution in [0, 0.1) is 5.41 Å². The number of esters is 1. The van der Waals surface area contributed by atoms with Gasteiger partial charge in [0.25, 0.3) is 0 Å². The van der Waals surface area contributed by atoms with Crippen molar-refractivity contribution in [2.45, 2.75) is 45.4 Å². The molecule has 9 heteroatoms. The Kier molecular flexibility index (Phi) is 7.27. The van der Waals surface area contributed by atoms with Crippen LogP contribution in [-0.2, 0) is 20.8 Å². The van der Waals surface area contributed by atoms with Crippen molar-refractivity contribution in [3.8, 4) is 17.1 Å². The molecule has 3 rings (SSSR count). The number of halogens is 1. The van der Waals surface area contributed by atoms with Gasteiger partial charge in [0, 0.05) is 38.8 Å². The molecule has 32 heavy (non-hydrogen) atoms. The monoisotopic (exact) mass is 480 g/mol. The molecule has 0 fully saturated rings. The number of carbonyl (C=O) groups excluding carboxylic acids is 1. The van der Waals surface area contributed by atoms with E-state index in [0.717, 1.165) is 12.0 Å². The van der Waals surface area contributed by atoms with Gasteiger partial charge in [-0.3, -0.25) is 4.79 Å². The van der Waals surface area contributed by atoms with Crippen LogP contribution in [0.15, 0.2) is 23.1 Å². The highest BCUT2D eigenvalue weighted by Crippen LogP contribution is 2.50. The second-order valence-corrected chi connectivity index (χ2v) is 9.85. The first-order chi connectivity index (χ1) is 15.0. The third-order valence-corrected chi connectivity index (χ3v) is 6.91. The Labute approximate surface area is 198 Å². The number of hydrogen-bond acceptors (Lipinski definition) is 7. The lowest BCUT2D eigenvalue weighted by atomic mass is 9.79. The molecule has 0 N–H and O–H groups in total. The molecule has 1 aliphatic heterocycles. The van der Waals surface area contributed by atoms with E-state index in [1.807, 2.05) is 10.6 Å². The summed E-state index contributed by atoms with van der Waals surface area (Å²) in [5, 5.41) is 0.206. The second kappa shape index (κ2) is 9.45. The second-order valence-electron chi connectivity index (χ2n) is 8.75. The van der Waals surface area contributed by atoms with Gasteiger partial charge in [0.2, 0.25) is 0 Å². The number of methoxy groups -OCH3 is 1. The lowest BCUT2D eigenvalue weighted by molar-refractivity contribution is 0.0522. The van der Waals surface area contributed by atoms with Crippen LogP contribution in [-0.4, -0.2) is 42.5 Å². The Bertz CT molecular complexity index is 1080. The summed E-state index contributed by atoms with van der Waals surface area (Å²) in [6.07, 6.45) is 2.74. The Morgan fingerprint density at radius 2 is 2.03 bits per heavy atom. The fraction of sp³-hybridized carbons (Fsp3) is 0.522. The molecule has 0 amide bonds. The SMILES string of the molecule is CCOC(=O)c1cn2c(cc1=O)-c1nc(Cl)c(OCCCOC)cc1C[C@]2(S)C(C)(C)C. The minimum Gasteiger partial charge on any atom is -0.490 e. The largest absolute Gasteiger partial charge is 0.490 e. The molecular formula is C23H29ClN2O5S. The molecule has 0 saturated carbocycles. The van der Waals surface area contributed by atoms with Crippen LogP contribution in [0.1, 0.15) is 50.0 Å². The lowest BCUT2D eigenvalue weighted by Gasteiger charge is -2.47. The maximum atomic E-state index is 12.8. The summed E-state index contributed by atoms with van der Waals surface area (Å²) in [4.78, 5) is 29.0. The van der Waals surface area contributed by atoms with E-state index in [0.29, 0.717) is 36.8 Å². The molecule has 0 saturated heterocycles. The summed E-state index contributed by atoms with van der Waals surface area (Å²) in [6, 6.07) is 3.27. The fourth-order valence-electron chi connectivity index (χ4n) is 3.72. The predicted octanol–water partition coefficient (Wildman–Crippen LogP) is 4.34. The number of pyridine rings is 2. The van der Waals surface area contributed by atoms with Crippen molar-refractivity contribution >= 4 is 30.2 Å². The Balaban J connectivity index is 2.16. The lowest BCUT2D eigenvalue weighted by Crippen LogP contribution is -2.46. The molecule has 3 heterocycles. The van der Waals surface area contributed by atoms with Gasteiger partial charge in [-0.15, -0.1) is 0 Å². The summed E-state index contributed by atoms with van der Waals surface area (Å²) >= 11 is 11.5. The minimum atomic E-state index is -0.757. The highest BCUT2D eigenvalue weighted by molar-refractivity contribution is 7.81. The molecular weight excluding hydrogens is 452 g/mol. The maximum absolute atomic E-state index is 12.8. The molecule has 0 unspecified atom stereocenters. The average Bonchev–Trinajstić information content (AvgIpc) is 2.71. The number of aromatic nitrogens is 2. The number of nitrogens with zero attached hydrogens (tertiary/aromatic N) is 2. The van der Waals surface area contributed by atoms with Crippen molar-refractivity contribution in [3.05, 3.63) is 44.8 Å². The molecule has 2 aromatic heterocycles. The van der Waals surface area contributed by atoms with Crippen molar-refractivity contribution in [1.29, 1.82) is 0 Å². The van der Waals surface area contributed by atoms with Crippen LogP contribution in [0.25, 0.3) is 11.4 Å². The van der Waals surface area contributed by atoms with Crippen molar-refractivity contribution in [1.82, 2.24) is 9.55 Å². The number of rotatable bonds is 7. The van der Waals surface area contributed by atoms with E-state index in [1.165, 1.54) is 12.3 Å². The molecule has 0 spiro atoms. The first-order valence-corrected chi connectivity index (χ1v) is 11.3. The number of hydrogen-bond donors (Lipinski definition) is 1. The molecule has 0 bridgehead atoms. The number of thiol groups is 1. The number of carbonyl (C=O) groups is 1. The molecule has 0 radical (unpaired) electrons. The summed E-state index contributed by atoms with van der Waals surface area (Å²) in [5.74, 6) is -0.181. The Morgan fingerprint density at radius 1 is 1.31 bits per heavy atom. The van der Waals surface area contributed by atoms with Gasteiger partial charge < -0.3 is 18.8 Å². The number of ether oxygens (including phenoxy) is 3. The zero-order chi connectivity index (χ0) is 23.7. The summed E-state index contributed by atoms with van der Waals surface area (Å²) in [6.45, 7) is 9.08. The van der Waals surface area contributed by atoms with E-state index in [2.05, 4.69) is 25.8 Å². The molecule has 2 aromatic rings. The maximum Gasteiger partial charge on any atom is 0.343 e. The van der Waals surface area contributed by atoms with Gasteiger partial charge in [-0.2, -0.15) is 12.6 Å². The minimum absolute atomic E-state index is 0.0362. The highest BCUT2D eigenvalue weighted by Gasteiger charge is 2.45. The van der Waals surface area contributed by atoms with Crippen molar-refractivity contribution in [3.63, 3.8) is 0 Å². The molecule has 7 nitrogen and oxygen atoms in total. The molecule has 0 aromatic carbocycles. The summed E-state index contributed by atoms with van der Waals surface area (Å²) in [7, 11) is 1.64. The smallest absolute Gasteiger partial charge is 0.343 e. The summed E-state index contributed by atoms with van der Waals surface area (Å²) in [5.41, 5.74) is 1.16. The third-order valence-electron chi connectivity index (χ3n) is 5.60. The Hall–Kier alpha value is -2.03. The van der Waals surface area contributed by atoms with Gasteiger partial charge in [-0.25, -0.2) is 9.78 Å². The van der Waals surface area contributed by atoms with E-state index in [-0.39, 0.29) is 22.7 Å². The quantitative estimate of drug-likeness (QED) is 0.275. The van der Waals surface area contributed by atoms with E-state index in [9.17, 15) is 9.59 Å². The van der Waals surface area contributed by atoms with Gasteiger partial charge in [0.05, 0.1) is 29.5 Å². The fourth-order valence-corrected chi connectivity index (χ4v) is 4.25. The van der Waals surface area contributed by atoms with E-state index < -0.39 is 16.3 Å². The number of fused-ring (bicyclic) bond motifs is 3. The van der Waals surface area contributed by atoms with Gasteiger partial charge >= 0.3 is 5.97 Å². The molecule has 0 aliphatic carbocycles. The first kappa shape index (κ1) is 24.6. The predicted molar refractivity (Wildman–Crippen MR) is 127 cm³/mol. The van der Waals surface area contributed by atoms with Gasteiger partial charge in [-0.1, -0.05) is 32.4 Å². The van der Waals surface area contributed by atoms with E-state index in [1.54, 1.807) is 14.0 Å². The molecule has 1 aliphatic rings. The van der Waals surface area contributed by atoms with Gasteiger partial charge in [0.1, 0.15) is 5.56 Å². The van der Waals surface area contributed by atoms with Crippen LogP contribution in [0.4, 0.5) is 0 Å². The zero-order valence-corrected chi connectivity index (χ0v) is 20.7. The van der Waals surface area contributed by atoms with Crippen LogP contribution in [0.5, 0.6) is 5.75 Å². The highest BCUT2D eigenvalue weighted by atomic mass is 35.5. The van der Waals surface area contributed by atoms with Crippen molar-refractivity contribution in [2.75, 3.05) is 26.9 Å². The van der Waals surface area contributed by atoms with Gasteiger partial charge in [-0.05, 0) is 24.0 Å². The van der Waals surface area contributed by atoms with Crippen LogP contribution in [0.2, 0.25) is 5.15 Å². The summed E-state index contributed by atoms with van der Waals surface area (Å²) < 4.78 is 17.8. The molecule has 174 valence electrons. The van der Waals surface area contributed by atoms with Crippen molar-refractivity contribution in [2.24, 2.45) is 5.41 Å². The standard InChI is InChI=1S/C23H29ClN2O5S/c1-6-30-21(28)15-13-26-16(11-17(15)27)19-14(12-23(26,32)22(2,3)4)10-18(20(24)25-19)31-9-7-8-29-5/h10-11,13,32H,6-9,12H2,1-5H3/t23-/m0/s1.